The zero-order chi connectivity index (χ0) is 31.7. The first-order valence-corrected chi connectivity index (χ1v) is 15.2. The highest BCUT2D eigenvalue weighted by Gasteiger charge is 2.37. The molecule has 6 rings (SSSR count). The van der Waals surface area contributed by atoms with Gasteiger partial charge >= 0.3 is 0 Å². The molecule has 11 heteroatoms. The van der Waals surface area contributed by atoms with Crippen molar-refractivity contribution >= 4 is 22.8 Å². The molecule has 2 fully saturated rings. The Morgan fingerprint density at radius 3 is 2.67 bits per heavy atom. The molecule has 0 aliphatic carbocycles. The van der Waals surface area contributed by atoms with E-state index in [4.69, 9.17) is 20.3 Å². The summed E-state index contributed by atoms with van der Waals surface area (Å²) in [6.45, 7) is 8.48. The van der Waals surface area contributed by atoms with E-state index < -0.39 is 5.82 Å². The van der Waals surface area contributed by atoms with Crippen molar-refractivity contribution in [3.63, 3.8) is 0 Å². The van der Waals surface area contributed by atoms with Gasteiger partial charge in [-0.3, -0.25) is 4.79 Å². The van der Waals surface area contributed by atoms with E-state index in [0.29, 0.717) is 73.3 Å². The molecule has 1 amide bonds. The molecule has 2 aliphatic rings. The number of fused-ring (bicyclic) bond motifs is 1. The standard InChI is InChI=1S/C34H36FN7O3/c1-21(23-18-44-19-23)34(2,3)15-22(16-36)33(43)41-13-7-8-24(17-41)42-32-29(31(37)38-20-39-32)30(40-42)27-12-11-26(14-28(27)35)45-25-9-5-4-6-10-25/h4-6,9-12,14-15,20-21,23-24H,7-8,13,17-19H2,1-3H3,(H2,37,38,39)/t21?,24-/m1/s1. The zero-order valence-electron chi connectivity index (χ0n) is 25.6. The molecule has 0 radical (unpaired) electrons. The van der Waals surface area contributed by atoms with Gasteiger partial charge in [0, 0.05) is 30.6 Å². The molecule has 4 heterocycles. The predicted octanol–water partition coefficient (Wildman–Crippen LogP) is 5.93. The number of para-hydroxylation sites is 1. The molecule has 1 unspecified atom stereocenters. The fourth-order valence-corrected chi connectivity index (χ4v) is 6.12. The van der Waals surface area contributed by atoms with Gasteiger partial charge in [-0.05, 0) is 48.4 Å². The minimum Gasteiger partial charge on any atom is -0.457 e. The van der Waals surface area contributed by atoms with Gasteiger partial charge in [0.2, 0.25) is 0 Å². The highest BCUT2D eigenvalue weighted by atomic mass is 19.1. The molecule has 45 heavy (non-hydrogen) atoms. The summed E-state index contributed by atoms with van der Waals surface area (Å²) in [7, 11) is 0. The third-order valence-electron chi connectivity index (χ3n) is 9.13. The average Bonchev–Trinajstić information content (AvgIpc) is 3.40. The maximum Gasteiger partial charge on any atom is 0.264 e. The number of nitrogen functional groups attached to an aromatic ring is 1. The fourth-order valence-electron chi connectivity index (χ4n) is 6.12. The number of hydrogen-bond donors (Lipinski definition) is 1. The average molecular weight is 610 g/mol. The number of ether oxygens (including phenoxy) is 2. The molecule has 232 valence electrons. The van der Waals surface area contributed by atoms with Gasteiger partial charge < -0.3 is 20.1 Å². The van der Waals surface area contributed by atoms with Gasteiger partial charge in [-0.2, -0.15) is 10.4 Å². The van der Waals surface area contributed by atoms with Crippen LogP contribution < -0.4 is 10.5 Å². The smallest absolute Gasteiger partial charge is 0.264 e. The molecule has 2 aromatic heterocycles. The number of nitriles is 1. The van der Waals surface area contributed by atoms with Gasteiger partial charge in [-0.15, -0.1) is 0 Å². The number of amides is 1. The first-order valence-electron chi connectivity index (χ1n) is 15.2. The highest BCUT2D eigenvalue weighted by Crippen LogP contribution is 2.39. The molecule has 0 bridgehead atoms. The minimum atomic E-state index is -0.534. The van der Waals surface area contributed by atoms with Gasteiger partial charge in [-0.1, -0.05) is 45.0 Å². The van der Waals surface area contributed by atoms with E-state index in [9.17, 15) is 10.1 Å². The van der Waals surface area contributed by atoms with Gasteiger partial charge in [-0.25, -0.2) is 19.0 Å². The Morgan fingerprint density at radius 2 is 1.98 bits per heavy atom. The van der Waals surface area contributed by atoms with Crippen LogP contribution in [0.3, 0.4) is 0 Å². The Bertz CT molecular complexity index is 1790. The lowest BCUT2D eigenvalue weighted by Crippen LogP contribution is -2.42. The SMILES string of the molecule is CC(C1COC1)C(C)(C)C=C(C#N)C(=O)N1CCC[C@@H](n2nc(-c3ccc(Oc4ccccc4)cc3F)c3c(N)ncnc32)C1. The second-order valence-corrected chi connectivity index (χ2v) is 12.4. The molecule has 0 saturated carbocycles. The molecule has 2 saturated heterocycles. The number of halogens is 1. The maximum atomic E-state index is 15.6. The first-order chi connectivity index (χ1) is 21.7. The number of piperidine rings is 1. The van der Waals surface area contributed by atoms with Crippen molar-refractivity contribution in [2.24, 2.45) is 17.3 Å². The molecule has 2 aliphatic heterocycles. The molecule has 2 atom stereocenters. The summed E-state index contributed by atoms with van der Waals surface area (Å²) < 4.78 is 28.5. The number of carbonyl (C=O) groups is 1. The van der Waals surface area contributed by atoms with Crippen LogP contribution in [0.15, 0.2) is 66.5 Å². The summed E-state index contributed by atoms with van der Waals surface area (Å²) in [6.07, 6.45) is 4.58. The second-order valence-electron chi connectivity index (χ2n) is 12.4. The molecule has 4 aromatic rings. The third-order valence-corrected chi connectivity index (χ3v) is 9.13. The van der Waals surface area contributed by atoms with Gasteiger partial charge in [0.1, 0.15) is 46.8 Å². The monoisotopic (exact) mass is 609 g/mol. The van der Waals surface area contributed by atoms with E-state index in [1.54, 1.807) is 33.8 Å². The van der Waals surface area contributed by atoms with E-state index in [1.807, 2.05) is 24.3 Å². The topological polar surface area (TPSA) is 132 Å². The van der Waals surface area contributed by atoms with Crippen molar-refractivity contribution in [3.05, 3.63) is 72.3 Å². The summed E-state index contributed by atoms with van der Waals surface area (Å²) in [5, 5.41) is 15.3. The van der Waals surface area contributed by atoms with Crippen LogP contribution in [0.25, 0.3) is 22.3 Å². The number of hydrogen-bond acceptors (Lipinski definition) is 8. The zero-order valence-corrected chi connectivity index (χ0v) is 25.6. The third kappa shape index (κ3) is 5.98. The van der Waals surface area contributed by atoms with E-state index in [0.717, 1.165) is 0 Å². The number of likely N-dealkylation sites (tertiary alicyclic amines) is 1. The molecule has 10 nitrogen and oxygen atoms in total. The summed E-state index contributed by atoms with van der Waals surface area (Å²) in [4.78, 5) is 24.0. The number of aromatic nitrogens is 4. The van der Waals surface area contributed by atoms with Crippen molar-refractivity contribution in [3.8, 4) is 28.8 Å². The lowest BCUT2D eigenvalue weighted by molar-refractivity contribution is -0.128. The van der Waals surface area contributed by atoms with Crippen LogP contribution in [-0.2, 0) is 9.53 Å². The number of anilines is 1. The van der Waals surface area contributed by atoms with Crippen LogP contribution in [0.5, 0.6) is 11.5 Å². The number of nitrogens with two attached hydrogens (primary N) is 1. The van der Waals surface area contributed by atoms with Crippen LogP contribution in [0.1, 0.15) is 39.7 Å². The quantitative estimate of drug-likeness (QED) is 0.192. The van der Waals surface area contributed by atoms with Gasteiger partial charge in [0.25, 0.3) is 5.91 Å². The Labute approximate surface area is 261 Å². The first kappa shape index (κ1) is 30.2. The number of rotatable bonds is 8. The van der Waals surface area contributed by atoms with Crippen molar-refractivity contribution in [1.29, 1.82) is 5.26 Å². The van der Waals surface area contributed by atoms with Crippen LogP contribution in [0, 0.1) is 34.4 Å². The summed E-state index contributed by atoms with van der Waals surface area (Å²) in [6, 6.07) is 15.6. The number of benzene rings is 2. The number of allylic oxidation sites excluding steroid dienone is 1. The van der Waals surface area contributed by atoms with E-state index >= 15 is 4.39 Å². The van der Waals surface area contributed by atoms with E-state index in [2.05, 4.69) is 36.8 Å². The molecular formula is C34H36FN7O3. The van der Waals surface area contributed by atoms with Crippen LogP contribution in [-0.4, -0.2) is 56.9 Å². The Hall–Kier alpha value is -4.82. The maximum absolute atomic E-state index is 15.6. The van der Waals surface area contributed by atoms with Crippen molar-refractivity contribution in [1.82, 2.24) is 24.6 Å². The number of nitrogens with zero attached hydrogens (tertiary/aromatic N) is 6. The van der Waals surface area contributed by atoms with E-state index in [1.165, 1.54) is 12.4 Å². The minimum absolute atomic E-state index is 0.130. The normalized spacial score (nSPS) is 18.3. The lowest BCUT2D eigenvalue weighted by Gasteiger charge is -2.40. The van der Waals surface area contributed by atoms with Crippen LogP contribution in [0.4, 0.5) is 10.2 Å². The summed E-state index contributed by atoms with van der Waals surface area (Å²) >= 11 is 0. The van der Waals surface area contributed by atoms with E-state index in [-0.39, 0.29) is 40.2 Å². The Balaban J connectivity index is 1.28. The predicted molar refractivity (Wildman–Crippen MR) is 167 cm³/mol. The van der Waals surface area contributed by atoms with Crippen molar-refractivity contribution in [2.75, 3.05) is 32.0 Å². The highest BCUT2D eigenvalue weighted by molar-refractivity contribution is 5.99. The second kappa shape index (κ2) is 12.3. The summed E-state index contributed by atoms with van der Waals surface area (Å²) in [5.41, 5.74) is 7.06. The molecule has 2 N–H and O–H groups in total. The van der Waals surface area contributed by atoms with Crippen molar-refractivity contribution in [2.45, 2.75) is 39.7 Å². The van der Waals surface area contributed by atoms with Crippen LogP contribution >= 0.6 is 0 Å². The number of carbonyl (C=O) groups excluding carboxylic acids is 1. The lowest BCUT2D eigenvalue weighted by atomic mass is 9.71. The van der Waals surface area contributed by atoms with Crippen LogP contribution in [0.2, 0.25) is 0 Å². The summed E-state index contributed by atoms with van der Waals surface area (Å²) in [5.74, 6) is 0.920. The van der Waals surface area contributed by atoms with Gasteiger partial charge in [0.15, 0.2) is 5.65 Å². The fraction of sp³-hybridized carbons (Fsp3) is 0.382. The van der Waals surface area contributed by atoms with Gasteiger partial charge in [0.05, 0.1) is 24.6 Å². The molecular weight excluding hydrogens is 573 g/mol. The molecule has 0 spiro atoms. The molecule has 2 aromatic carbocycles. The largest absolute Gasteiger partial charge is 0.457 e. The Kier molecular flexibility index (Phi) is 8.25. The Morgan fingerprint density at radius 1 is 1.20 bits per heavy atom. The van der Waals surface area contributed by atoms with Crippen molar-refractivity contribution < 1.29 is 18.7 Å².